The van der Waals surface area contributed by atoms with Gasteiger partial charge in [0, 0.05) is 31.1 Å². The van der Waals surface area contributed by atoms with Crippen LogP contribution < -0.4 is 15.4 Å². The van der Waals surface area contributed by atoms with Gasteiger partial charge in [-0.1, -0.05) is 13.8 Å². The van der Waals surface area contributed by atoms with Crippen molar-refractivity contribution in [2.24, 2.45) is 4.99 Å². The third-order valence-electron chi connectivity index (χ3n) is 4.34. The van der Waals surface area contributed by atoms with E-state index in [0.29, 0.717) is 19.1 Å². The van der Waals surface area contributed by atoms with E-state index in [1.807, 2.05) is 16.8 Å². The maximum atomic E-state index is 5.65. The maximum Gasteiger partial charge on any atom is 0.191 e. The molecule has 2 aromatic heterocycles. The molecule has 1 aliphatic heterocycles. The lowest BCUT2D eigenvalue weighted by Gasteiger charge is -2.25. The number of ether oxygens (including phenoxy) is 1. The van der Waals surface area contributed by atoms with Crippen LogP contribution in [-0.4, -0.2) is 51.4 Å². The van der Waals surface area contributed by atoms with Crippen molar-refractivity contribution in [3.8, 4) is 5.75 Å². The van der Waals surface area contributed by atoms with Gasteiger partial charge in [0.2, 0.25) is 0 Å². The zero-order valence-corrected chi connectivity index (χ0v) is 19.1. The molecule has 2 aromatic rings. The van der Waals surface area contributed by atoms with Gasteiger partial charge < -0.3 is 15.4 Å². The number of rotatable bonds is 7. The normalized spacial score (nSPS) is 16.3. The number of guanidine groups is 1. The molecule has 8 nitrogen and oxygen atoms in total. The number of aromatic nitrogens is 4. The van der Waals surface area contributed by atoms with Crippen LogP contribution in [0.4, 0.5) is 0 Å². The Bertz CT molecular complexity index is 748. The molecular formula is C19H30IN7O. The van der Waals surface area contributed by atoms with E-state index in [4.69, 9.17) is 4.74 Å². The number of nitrogens with zero attached hydrogens (tertiary/aromatic N) is 5. The summed E-state index contributed by atoms with van der Waals surface area (Å²) in [6.07, 6.45) is 5.39. The number of fused-ring (bicyclic) bond motifs is 1. The van der Waals surface area contributed by atoms with Gasteiger partial charge in [-0.3, -0.25) is 4.98 Å². The Labute approximate surface area is 183 Å². The monoisotopic (exact) mass is 499 g/mol. The van der Waals surface area contributed by atoms with Gasteiger partial charge in [-0.15, -0.1) is 24.0 Å². The lowest BCUT2D eigenvalue weighted by molar-refractivity contribution is 0.326. The lowest BCUT2D eigenvalue weighted by atomic mass is 10.1. The first kappa shape index (κ1) is 22.4. The molecule has 0 aliphatic carbocycles. The summed E-state index contributed by atoms with van der Waals surface area (Å²) in [5.41, 5.74) is 0. The van der Waals surface area contributed by atoms with Gasteiger partial charge in [0.1, 0.15) is 18.2 Å². The van der Waals surface area contributed by atoms with E-state index >= 15 is 0 Å². The highest BCUT2D eigenvalue weighted by Gasteiger charge is 2.23. The second-order valence-corrected chi connectivity index (χ2v) is 6.90. The standard InChI is InChI=1S/C19H29N7O.HI/c1-4-21-19(22-10-11-27-16-6-5-9-20-12-16)23-15-7-8-17-24-18(14(2)3)25-26(17)13-15;/h5-6,9,12,14-15H,4,7-8,10-11,13H2,1-3H3,(H2,21,22,23);1H. The van der Waals surface area contributed by atoms with E-state index < -0.39 is 0 Å². The fraction of sp³-hybridized carbons (Fsp3) is 0.579. The largest absolute Gasteiger partial charge is 0.490 e. The van der Waals surface area contributed by atoms with E-state index in [-0.39, 0.29) is 30.0 Å². The number of aliphatic imine (C=N–C) groups is 1. The van der Waals surface area contributed by atoms with Crippen LogP contribution in [0.15, 0.2) is 29.5 Å². The molecule has 9 heteroatoms. The summed E-state index contributed by atoms with van der Waals surface area (Å²) in [6.45, 7) is 9.02. The van der Waals surface area contributed by atoms with Crippen LogP contribution in [0.2, 0.25) is 0 Å². The Hall–Kier alpha value is -1.91. The first-order valence-electron chi connectivity index (χ1n) is 9.67. The molecule has 1 aliphatic rings. The summed E-state index contributed by atoms with van der Waals surface area (Å²) in [5.74, 6) is 3.94. The average Bonchev–Trinajstić information content (AvgIpc) is 3.10. The molecule has 0 saturated heterocycles. The molecule has 0 saturated carbocycles. The predicted octanol–water partition coefficient (Wildman–Crippen LogP) is 2.36. The third-order valence-corrected chi connectivity index (χ3v) is 4.34. The SMILES string of the molecule is CCNC(=NCCOc1cccnc1)NC1CCc2nc(C(C)C)nn2C1.I. The van der Waals surface area contributed by atoms with Gasteiger partial charge in [0.15, 0.2) is 11.8 Å². The van der Waals surface area contributed by atoms with Gasteiger partial charge in [0.25, 0.3) is 0 Å². The molecule has 0 bridgehead atoms. The van der Waals surface area contributed by atoms with E-state index in [9.17, 15) is 0 Å². The van der Waals surface area contributed by atoms with Crippen LogP contribution in [0.3, 0.4) is 0 Å². The Morgan fingerprint density at radius 2 is 2.29 bits per heavy atom. The molecule has 1 atom stereocenters. The Balaban J connectivity index is 0.00000280. The first-order valence-corrected chi connectivity index (χ1v) is 9.67. The summed E-state index contributed by atoms with van der Waals surface area (Å²) in [6, 6.07) is 4.04. The number of aryl methyl sites for hydroxylation is 1. The van der Waals surface area contributed by atoms with Crippen LogP contribution >= 0.6 is 24.0 Å². The summed E-state index contributed by atoms with van der Waals surface area (Å²) < 4.78 is 7.68. The summed E-state index contributed by atoms with van der Waals surface area (Å²) in [7, 11) is 0. The van der Waals surface area contributed by atoms with Crippen molar-refractivity contribution in [3.63, 3.8) is 0 Å². The predicted molar refractivity (Wildman–Crippen MR) is 120 cm³/mol. The fourth-order valence-electron chi connectivity index (χ4n) is 2.96. The maximum absolute atomic E-state index is 5.65. The van der Waals surface area contributed by atoms with Gasteiger partial charge in [-0.05, 0) is 25.5 Å². The van der Waals surface area contributed by atoms with Crippen molar-refractivity contribution >= 4 is 29.9 Å². The molecular weight excluding hydrogens is 469 g/mol. The fourth-order valence-corrected chi connectivity index (χ4v) is 2.96. The van der Waals surface area contributed by atoms with Gasteiger partial charge in [-0.2, -0.15) is 5.10 Å². The molecule has 0 amide bonds. The van der Waals surface area contributed by atoms with Crippen LogP contribution in [-0.2, 0) is 13.0 Å². The smallest absolute Gasteiger partial charge is 0.191 e. The topological polar surface area (TPSA) is 89.2 Å². The zero-order valence-electron chi connectivity index (χ0n) is 16.8. The zero-order chi connectivity index (χ0) is 19.1. The molecule has 0 spiro atoms. The second kappa shape index (κ2) is 11.2. The molecule has 28 heavy (non-hydrogen) atoms. The molecule has 3 heterocycles. The number of nitrogens with one attached hydrogen (secondary N) is 2. The van der Waals surface area contributed by atoms with Gasteiger partial charge >= 0.3 is 0 Å². The second-order valence-electron chi connectivity index (χ2n) is 6.90. The summed E-state index contributed by atoms with van der Waals surface area (Å²) >= 11 is 0. The molecule has 0 radical (unpaired) electrons. The first-order chi connectivity index (χ1) is 13.2. The van der Waals surface area contributed by atoms with E-state index in [1.165, 1.54) is 0 Å². The quantitative estimate of drug-likeness (QED) is 0.263. The van der Waals surface area contributed by atoms with Crippen molar-refractivity contribution in [2.75, 3.05) is 19.7 Å². The number of pyridine rings is 1. The van der Waals surface area contributed by atoms with E-state index in [1.54, 1.807) is 12.4 Å². The van der Waals surface area contributed by atoms with Crippen LogP contribution in [0.1, 0.15) is 44.8 Å². The molecule has 1 unspecified atom stereocenters. The Kier molecular flexibility index (Phi) is 8.94. The highest BCUT2D eigenvalue weighted by molar-refractivity contribution is 14.0. The minimum Gasteiger partial charge on any atom is -0.490 e. The van der Waals surface area contributed by atoms with Crippen molar-refractivity contribution < 1.29 is 4.74 Å². The highest BCUT2D eigenvalue weighted by atomic mass is 127. The molecule has 154 valence electrons. The minimum absolute atomic E-state index is 0. The summed E-state index contributed by atoms with van der Waals surface area (Å²) in [5, 5.41) is 11.5. The van der Waals surface area contributed by atoms with E-state index in [0.717, 1.165) is 49.3 Å². The Morgan fingerprint density at radius 1 is 1.43 bits per heavy atom. The number of hydrogen-bond acceptors (Lipinski definition) is 5. The van der Waals surface area contributed by atoms with Gasteiger partial charge in [-0.25, -0.2) is 14.7 Å². The molecule has 0 aromatic carbocycles. The van der Waals surface area contributed by atoms with Crippen LogP contribution in [0.25, 0.3) is 0 Å². The van der Waals surface area contributed by atoms with Crippen molar-refractivity contribution in [1.82, 2.24) is 30.4 Å². The highest BCUT2D eigenvalue weighted by Crippen LogP contribution is 2.16. The molecule has 0 fully saturated rings. The number of hydrogen-bond donors (Lipinski definition) is 2. The van der Waals surface area contributed by atoms with Crippen molar-refractivity contribution in [1.29, 1.82) is 0 Å². The average molecular weight is 499 g/mol. The van der Waals surface area contributed by atoms with E-state index in [2.05, 4.69) is 51.5 Å². The van der Waals surface area contributed by atoms with Crippen LogP contribution in [0.5, 0.6) is 5.75 Å². The minimum atomic E-state index is 0. The van der Waals surface area contributed by atoms with Crippen molar-refractivity contribution in [3.05, 3.63) is 36.2 Å². The van der Waals surface area contributed by atoms with Crippen LogP contribution in [0, 0.1) is 0 Å². The molecule has 2 N–H and O–H groups in total. The molecule has 3 rings (SSSR count). The third kappa shape index (κ3) is 6.32. The lowest BCUT2D eigenvalue weighted by Crippen LogP contribution is -2.47. The number of halogens is 1. The Morgan fingerprint density at radius 3 is 3.00 bits per heavy atom. The van der Waals surface area contributed by atoms with Crippen molar-refractivity contribution in [2.45, 2.75) is 52.1 Å². The summed E-state index contributed by atoms with van der Waals surface area (Å²) in [4.78, 5) is 13.3. The van der Waals surface area contributed by atoms with Gasteiger partial charge in [0.05, 0.1) is 19.3 Å².